The maximum atomic E-state index is 12.2. The summed E-state index contributed by atoms with van der Waals surface area (Å²) in [4.78, 5) is 24.2. The molecule has 4 nitrogen and oxygen atoms in total. The summed E-state index contributed by atoms with van der Waals surface area (Å²) in [7, 11) is 0. The van der Waals surface area contributed by atoms with Crippen LogP contribution in [0.1, 0.15) is 98.3 Å². The summed E-state index contributed by atoms with van der Waals surface area (Å²) in [6.45, 7) is 2.92. The van der Waals surface area contributed by atoms with Crippen LogP contribution in [0.4, 0.5) is 0 Å². The van der Waals surface area contributed by atoms with E-state index in [-0.39, 0.29) is 5.97 Å². The Labute approximate surface area is 174 Å². The average molecular weight is 411 g/mol. The minimum absolute atomic E-state index is 0.387. The van der Waals surface area contributed by atoms with Gasteiger partial charge in [-0.25, -0.2) is 9.59 Å². The largest absolute Gasteiger partial charge is 0.462 e. The maximum absolute atomic E-state index is 12.2. The van der Waals surface area contributed by atoms with Gasteiger partial charge in [0.15, 0.2) is 0 Å². The minimum atomic E-state index is -0.392. The van der Waals surface area contributed by atoms with E-state index in [1.807, 2.05) is 0 Å². The van der Waals surface area contributed by atoms with Crippen molar-refractivity contribution in [1.82, 2.24) is 0 Å². The first-order valence-electron chi connectivity index (χ1n) is 10.7. The molecule has 0 saturated heterocycles. The second-order valence-corrected chi connectivity index (χ2v) is 7.46. The van der Waals surface area contributed by atoms with Gasteiger partial charge in [-0.1, -0.05) is 64.4 Å². The molecule has 0 fully saturated rings. The van der Waals surface area contributed by atoms with E-state index in [2.05, 4.69) is 6.92 Å². The molecule has 0 saturated carbocycles. The molecule has 0 aromatic heterocycles. The maximum Gasteiger partial charge on any atom is 0.338 e. The van der Waals surface area contributed by atoms with E-state index < -0.39 is 5.97 Å². The lowest BCUT2D eigenvalue weighted by molar-refractivity contribution is 0.0496. The zero-order valence-electron chi connectivity index (χ0n) is 17.2. The van der Waals surface area contributed by atoms with Crippen LogP contribution in [-0.2, 0) is 9.47 Å². The smallest absolute Gasteiger partial charge is 0.338 e. The molecular formula is C23H35ClO4. The highest BCUT2D eigenvalue weighted by atomic mass is 35.5. The summed E-state index contributed by atoms with van der Waals surface area (Å²) in [5, 5.41) is 0. The van der Waals surface area contributed by atoms with Crippen LogP contribution in [0, 0.1) is 0 Å². The fourth-order valence-corrected chi connectivity index (χ4v) is 3.07. The third kappa shape index (κ3) is 11.3. The Hall–Kier alpha value is -1.55. The minimum Gasteiger partial charge on any atom is -0.462 e. The molecule has 0 N–H and O–H groups in total. The molecule has 0 amide bonds. The van der Waals surface area contributed by atoms with Crippen molar-refractivity contribution in [3.63, 3.8) is 0 Å². The third-order valence-electron chi connectivity index (χ3n) is 4.58. The number of unbranched alkanes of at least 4 members (excludes halogenated alkanes) is 9. The van der Waals surface area contributed by atoms with Gasteiger partial charge in [0, 0.05) is 5.88 Å². The number of carbonyl (C=O) groups is 2. The van der Waals surface area contributed by atoms with Crippen molar-refractivity contribution in [2.24, 2.45) is 0 Å². The molecular weight excluding hydrogens is 376 g/mol. The summed E-state index contributed by atoms with van der Waals surface area (Å²) >= 11 is 5.66. The SMILES string of the molecule is CCCCCOC(=O)c1cccc(C(=O)OCCCCCCCCCCCl)c1. The molecule has 0 aliphatic heterocycles. The molecule has 0 spiro atoms. The first kappa shape index (κ1) is 24.5. The molecule has 5 heteroatoms. The lowest BCUT2D eigenvalue weighted by Crippen LogP contribution is -2.10. The van der Waals surface area contributed by atoms with Gasteiger partial charge in [-0.3, -0.25) is 0 Å². The number of hydrogen-bond donors (Lipinski definition) is 0. The quantitative estimate of drug-likeness (QED) is 0.176. The lowest BCUT2D eigenvalue weighted by Gasteiger charge is -2.07. The summed E-state index contributed by atoms with van der Waals surface area (Å²) in [6.07, 6.45) is 12.1. The van der Waals surface area contributed by atoms with Gasteiger partial charge in [0.05, 0.1) is 24.3 Å². The molecule has 1 aromatic carbocycles. The molecule has 0 aliphatic rings. The van der Waals surface area contributed by atoms with E-state index in [4.69, 9.17) is 21.1 Å². The molecule has 28 heavy (non-hydrogen) atoms. The topological polar surface area (TPSA) is 52.6 Å². The zero-order valence-corrected chi connectivity index (χ0v) is 18.0. The first-order valence-corrected chi connectivity index (χ1v) is 11.2. The van der Waals surface area contributed by atoms with Gasteiger partial charge in [0.1, 0.15) is 0 Å². The first-order chi connectivity index (χ1) is 13.7. The van der Waals surface area contributed by atoms with Gasteiger partial charge >= 0.3 is 11.9 Å². The lowest BCUT2D eigenvalue weighted by atomic mass is 10.1. The molecule has 0 bridgehead atoms. The Bertz CT molecular complexity index is 559. The zero-order chi connectivity index (χ0) is 20.5. The van der Waals surface area contributed by atoms with Crippen molar-refractivity contribution in [2.45, 2.75) is 77.6 Å². The van der Waals surface area contributed by atoms with Crippen molar-refractivity contribution < 1.29 is 19.1 Å². The van der Waals surface area contributed by atoms with Crippen molar-refractivity contribution in [3.8, 4) is 0 Å². The second kappa shape index (κ2) is 16.4. The predicted octanol–water partition coefficient (Wildman–Crippen LogP) is 6.55. The summed E-state index contributed by atoms with van der Waals surface area (Å²) in [6, 6.07) is 6.55. The van der Waals surface area contributed by atoms with E-state index in [1.54, 1.807) is 24.3 Å². The average Bonchev–Trinajstić information content (AvgIpc) is 2.72. The molecule has 0 aliphatic carbocycles. The molecule has 0 radical (unpaired) electrons. The van der Waals surface area contributed by atoms with E-state index in [0.29, 0.717) is 24.3 Å². The van der Waals surface area contributed by atoms with Gasteiger partial charge in [-0.2, -0.15) is 0 Å². The summed E-state index contributed by atoms with van der Waals surface area (Å²) in [5.74, 6) is -0.0208. The van der Waals surface area contributed by atoms with E-state index >= 15 is 0 Å². The van der Waals surface area contributed by atoms with Crippen LogP contribution in [0.25, 0.3) is 0 Å². The normalized spacial score (nSPS) is 10.6. The molecule has 1 aromatic rings. The number of esters is 2. The number of ether oxygens (including phenoxy) is 2. The van der Waals surface area contributed by atoms with Gasteiger partial charge in [0.25, 0.3) is 0 Å². The Morgan fingerprint density at radius 2 is 1.21 bits per heavy atom. The molecule has 1 rings (SSSR count). The second-order valence-electron chi connectivity index (χ2n) is 7.08. The number of hydrogen-bond acceptors (Lipinski definition) is 4. The fraction of sp³-hybridized carbons (Fsp3) is 0.652. The van der Waals surface area contributed by atoms with Crippen LogP contribution in [0.3, 0.4) is 0 Å². The van der Waals surface area contributed by atoms with Gasteiger partial charge in [-0.15, -0.1) is 11.6 Å². The van der Waals surface area contributed by atoms with Crippen molar-refractivity contribution >= 4 is 23.5 Å². The Morgan fingerprint density at radius 1 is 0.750 bits per heavy atom. The van der Waals surface area contributed by atoms with Crippen molar-refractivity contribution in [1.29, 1.82) is 0 Å². The highest BCUT2D eigenvalue weighted by Crippen LogP contribution is 2.11. The summed E-state index contributed by atoms with van der Waals surface area (Å²) < 4.78 is 10.6. The van der Waals surface area contributed by atoms with Crippen molar-refractivity contribution in [2.75, 3.05) is 19.1 Å². The van der Waals surface area contributed by atoms with Crippen LogP contribution in [0.5, 0.6) is 0 Å². The third-order valence-corrected chi connectivity index (χ3v) is 4.84. The molecule has 0 heterocycles. The molecule has 158 valence electrons. The van der Waals surface area contributed by atoms with Crippen LogP contribution in [0.15, 0.2) is 24.3 Å². The van der Waals surface area contributed by atoms with E-state index in [9.17, 15) is 9.59 Å². The number of carbonyl (C=O) groups excluding carboxylic acids is 2. The van der Waals surface area contributed by atoms with Crippen LogP contribution in [0.2, 0.25) is 0 Å². The predicted molar refractivity (Wildman–Crippen MR) is 114 cm³/mol. The fourth-order valence-electron chi connectivity index (χ4n) is 2.88. The van der Waals surface area contributed by atoms with Gasteiger partial charge in [0.2, 0.25) is 0 Å². The van der Waals surface area contributed by atoms with Crippen molar-refractivity contribution in [3.05, 3.63) is 35.4 Å². The number of halogens is 1. The molecule has 0 atom stereocenters. The van der Waals surface area contributed by atoms with E-state index in [1.165, 1.54) is 25.7 Å². The monoisotopic (exact) mass is 410 g/mol. The highest BCUT2D eigenvalue weighted by molar-refractivity contribution is 6.17. The standard InChI is InChI=1S/C23H35ClO4/c1-2-3-11-17-27-22(25)20-14-13-15-21(19-20)23(26)28-18-12-9-7-5-4-6-8-10-16-24/h13-15,19H,2-12,16-18H2,1H3. The highest BCUT2D eigenvalue weighted by Gasteiger charge is 2.12. The summed E-state index contributed by atoms with van der Waals surface area (Å²) in [5.41, 5.74) is 0.780. The van der Waals surface area contributed by atoms with Gasteiger partial charge in [-0.05, 0) is 37.5 Å². The van der Waals surface area contributed by atoms with E-state index in [0.717, 1.165) is 50.8 Å². The Balaban J connectivity index is 2.21. The van der Waals surface area contributed by atoms with Crippen LogP contribution >= 0.6 is 11.6 Å². The number of benzene rings is 1. The Kier molecular flexibility index (Phi) is 14.4. The Morgan fingerprint density at radius 3 is 1.71 bits per heavy atom. The van der Waals surface area contributed by atoms with Crippen LogP contribution < -0.4 is 0 Å². The number of alkyl halides is 1. The van der Waals surface area contributed by atoms with Gasteiger partial charge < -0.3 is 9.47 Å². The molecule has 0 unspecified atom stereocenters. The number of rotatable bonds is 16. The van der Waals surface area contributed by atoms with Crippen LogP contribution in [-0.4, -0.2) is 31.0 Å².